The first-order valence-electron chi connectivity index (χ1n) is 5.99. The third kappa shape index (κ3) is 3.29. The molecule has 2 aromatic rings. The van der Waals surface area contributed by atoms with Gasteiger partial charge in [-0.3, -0.25) is 0 Å². The van der Waals surface area contributed by atoms with Gasteiger partial charge in [0.05, 0.1) is 0 Å². The van der Waals surface area contributed by atoms with Gasteiger partial charge in [0.1, 0.15) is 24.0 Å². The van der Waals surface area contributed by atoms with Gasteiger partial charge in [-0.2, -0.15) is 0 Å². The van der Waals surface area contributed by atoms with E-state index in [4.69, 9.17) is 10.5 Å². The summed E-state index contributed by atoms with van der Waals surface area (Å²) >= 11 is 0. The average Bonchev–Trinajstić information content (AvgIpc) is 2.40. The number of rotatable bonds is 4. The Labute approximate surface area is 110 Å². The zero-order valence-electron chi connectivity index (χ0n) is 10.6. The van der Waals surface area contributed by atoms with E-state index in [1.807, 2.05) is 25.1 Å². The van der Waals surface area contributed by atoms with Gasteiger partial charge in [-0.25, -0.2) is 8.78 Å². The smallest absolute Gasteiger partial charge is 0.130 e. The summed E-state index contributed by atoms with van der Waals surface area (Å²) in [5.41, 5.74) is 6.84. The predicted molar refractivity (Wildman–Crippen MR) is 69.7 cm³/mol. The molecule has 0 unspecified atom stereocenters. The normalized spacial score (nSPS) is 12.2. The lowest BCUT2D eigenvalue weighted by molar-refractivity contribution is 0.294. The molecule has 1 atom stereocenters. The van der Waals surface area contributed by atoms with Crippen LogP contribution in [-0.2, 0) is 6.61 Å². The Kier molecular flexibility index (Phi) is 4.12. The van der Waals surface area contributed by atoms with Crippen molar-refractivity contribution in [3.8, 4) is 5.75 Å². The van der Waals surface area contributed by atoms with Crippen molar-refractivity contribution in [1.29, 1.82) is 0 Å². The topological polar surface area (TPSA) is 35.2 Å². The van der Waals surface area contributed by atoms with Crippen LogP contribution in [0.15, 0.2) is 42.5 Å². The molecule has 4 heteroatoms. The van der Waals surface area contributed by atoms with Crippen LogP contribution in [0.4, 0.5) is 8.78 Å². The van der Waals surface area contributed by atoms with Gasteiger partial charge < -0.3 is 10.5 Å². The fraction of sp³-hybridized carbons (Fsp3) is 0.200. The van der Waals surface area contributed by atoms with E-state index in [1.165, 1.54) is 0 Å². The molecular formula is C15H15F2NO. The molecule has 0 heterocycles. The number of ether oxygens (including phenoxy) is 1. The molecule has 0 amide bonds. The zero-order valence-corrected chi connectivity index (χ0v) is 10.6. The van der Waals surface area contributed by atoms with Gasteiger partial charge in [-0.05, 0) is 31.2 Å². The maximum atomic E-state index is 13.5. The van der Waals surface area contributed by atoms with Crippen molar-refractivity contribution in [3.63, 3.8) is 0 Å². The van der Waals surface area contributed by atoms with Gasteiger partial charge in [0, 0.05) is 17.2 Å². The van der Waals surface area contributed by atoms with Gasteiger partial charge in [-0.15, -0.1) is 0 Å². The number of hydrogen-bond acceptors (Lipinski definition) is 2. The molecule has 2 N–H and O–H groups in total. The Bertz CT molecular complexity index is 570. The van der Waals surface area contributed by atoms with E-state index in [0.29, 0.717) is 5.75 Å². The van der Waals surface area contributed by atoms with Crippen LogP contribution in [0.5, 0.6) is 5.75 Å². The van der Waals surface area contributed by atoms with Crippen molar-refractivity contribution in [2.45, 2.75) is 19.6 Å². The molecule has 100 valence electrons. The van der Waals surface area contributed by atoms with Crippen LogP contribution >= 0.6 is 0 Å². The lowest BCUT2D eigenvalue weighted by atomic mass is 10.1. The number of halogens is 2. The largest absolute Gasteiger partial charge is 0.488 e. The minimum absolute atomic E-state index is 0.0344. The summed E-state index contributed by atoms with van der Waals surface area (Å²) in [5.74, 6) is -0.388. The molecule has 2 nitrogen and oxygen atoms in total. The van der Waals surface area contributed by atoms with Crippen molar-refractivity contribution in [3.05, 3.63) is 65.2 Å². The van der Waals surface area contributed by atoms with Crippen molar-refractivity contribution in [1.82, 2.24) is 0 Å². The van der Waals surface area contributed by atoms with E-state index in [0.717, 1.165) is 23.8 Å². The molecule has 0 saturated heterocycles. The standard InChI is InChI=1S/C15H15F2NO/c1-10(18)13-4-2-3-5-15(13)19-9-11-8-12(16)6-7-14(11)17/h2-8,10H,9,18H2,1H3/t10-/m1/s1. The van der Waals surface area contributed by atoms with E-state index in [2.05, 4.69) is 0 Å². The molecule has 2 aromatic carbocycles. The second-order valence-electron chi connectivity index (χ2n) is 4.35. The highest BCUT2D eigenvalue weighted by molar-refractivity contribution is 5.35. The molecule has 0 fully saturated rings. The highest BCUT2D eigenvalue weighted by atomic mass is 19.1. The first-order chi connectivity index (χ1) is 9.08. The Morgan fingerprint density at radius 2 is 1.89 bits per heavy atom. The highest BCUT2D eigenvalue weighted by Gasteiger charge is 2.09. The minimum Gasteiger partial charge on any atom is -0.488 e. The van der Waals surface area contributed by atoms with E-state index < -0.39 is 11.6 Å². The molecule has 0 aliphatic heterocycles. The first kappa shape index (κ1) is 13.5. The molecule has 0 bridgehead atoms. The molecular weight excluding hydrogens is 248 g/mol. The summed E-state index contributed by atoms with van der Waals surface area (Å²) in [4.78, 5) is 0. The SMILES string of the molecule is C[C@@H](N)c1ccccc1OCc1cc(F)ccc1F. The monoisotopic (exact) mass is 263 g/mol. The van der Waals surface area contributed by atoms with Gasteiger partial charge in [0.25, 0.3) is 0 Å². The molecule has 0 aliphatic carbocycles. The van der Waals surface area contributed by atoms with Crippen molar-refractivity contribution in [2.24, 2.45) is 5.73 Å². The van der Waals surface area contributed by atoms with Crippen molar-refractivity contribution in [2.75, 3.05) is 0 Å². The molecule has 0 aromatic heterocycles. The van der Waals surface area contributed by atoms with Gasteiger partial charge in [0.2, 0.25) is 0 Å². The first-order valence-corrected chi connectivity index (χ1v) is 5.99. The summed E-state index contributed by atoms with van der Waals surface area (Å²) in [5, 5.41) is 0. The molecule has 2 rings (SSSR count). The van der Waals surface area contributed by atoms with E-state index in [-0.39, 0.29) is 18.2 Å². The quantitative estimate of drug-likeness (QED) is 0.915. The van der Waals surface area contributed by atoms with E-state index >= 15 is 0 Å². The molecule has 0 aliphatic rings. The molecule has 19 heavy (non-hydrogen) atoms. The van der Waals surface area contributed by atoms with E-state index in [1.54, 1.807) is 6.07 Å². The fourth-order valence-electron chi connectivity index (χ4n) is 1.80. The summed E-state index contributed by atoms with van der Waals surface area (Å²) < 4.78 is 32.0. The third-order valence-electron chi connectivity index (χ3n) is 2.80. The maximum absolute atomic E-state index is 13.5. The molecule has 0 spiro atoms. The molecule has 0 saturated carbocycles. The van der Waals surface area contributed by atoms with Crippen molar-refractivity contribution >= 4 is 0 Å². The predicted octanol–water partition coefficient (Wildman–Crippen LogP) is 3.56. The number of benzene rings is 2. The zero-order chi connectivity index (χ0) is 13.8. The van der Waals surface area contributed by atoms with Crippen LogP contribution in [-0.4, -0.2) is 0 Å². The highest BCUT2D eigenvalue weighted by Crippen LogP contribution is 2.24. The van der Waals surface area contributed by atoms with Gasteiger partial charge in [-0.1, -0.05) is 18.2 Å². The Balaban J connectivity index is 2.17. The number of nitrogens with two attached hydrogens (primary N) is 1. The Hall–Kier alpha value is -1.94. The second kappa shape index (κ2) is 5.80. The Morgan fingerprint density at radius 1 is 1.16 bits per heavy atom. The van der Waals surface area contributed by atoms with Crippen LogP contribution in [0.3, 0.4) is 0 Å². The van der Waals surface area contributed by atoms with Crippen LogP contribution in [0.2, 0.25) is 0 Å². The van der Waals surface area contributed by atoms with Crippen LogP contribution in [0.1, 0.15) is 24.1 Å². The van der Waals surface area contributed by atoms with Crippen LogP contribution < -0.4 is 10.5 Å². The van der Waals surface area contributed by atoms with Crippen LogP contribution in [0, 0.1) is 11.6 Å². The van der Waals surface area contributed by atoms with Crippen LogP contribution in [0.25, 0.3) is 0 Å². The number of para-hydroxylation sites is 1. The minimum atomic E-state index is -0.486. The number of hydrogen-bond donors (Lipinski definition) is 1. The van der Waals surface area contributed by atoms with Crippen molar-refractivity contribution < 1.29 is 13.5 Å². The lowest BCUT2D eigenvalue weighted by Crippen LogP contribution is -2.08. The van der Waals surface area contributed by atoms with Gasteiger partial charge >= 0.3 is 0 Å². The lowest BCUT2D eigenvalue weighted by Gasteiger charge is -2.14. The summed E-state index contributed by atoms with van der Waals surface area (Å²) in [6, 6.07) is 10.4. The molecule has 0 radical (unpaired) electrons. The third-order valence-corrected chi connectivity index (χ3v) is 2.80. The van der Waals surface area contributed by atoms with Gasteiger partial charge in [0.15, 0.2) is 0 Å². The van der Waals surface area contributed by atoms with E-state index in [9.17, 15) is 8.78 Å². The Morgan fingerprint density at radius 3 is 2.63 bits per heavy atom. The maximum Gasteiger partial charge on any atom is 0.130 e. The summed E-state index contributed by atoms with van der Waals surface area (Å²) in [7, 11) is 0. The summed E-state index contributed by atoms with van der Waals surface area (Å²) in [6.45, 7) is 1.80. The second-order valence-corrected chi connectivity index (χ2v) is 4.35. The average molecular weight is 263 g/mol. The fourth-order valence-corrected chi connectivity index (χ4v) is 1.80. The summed E-state index contributed by atoms with van der Waals surface area (Å²) in [6.07, 6.45) is 0.